The van der Waals surface area contributed by atoms with Gasteiger partial charge in [-0.25, -0.2) is 8.78 Å². The molecule has 3 rings (SSSR count). The molecule has 1 heterocycles. The second-order valence-corrected chi connectivity index (χ2v) is 6.01. The first kappa shape index (κ1) is 16.2. The van der Waals surface area contributed by atoms with Crippen molar-refractivity contribution in [3.8, 4) is 0 Å². The molecular weight excluding hydrogens is 310 g/mol. The van der Waals surface area contributed by atoms with Gasteiger partial charge in [0.25, 0.3) is 5.91 Å². The molecule has 124 valence electrons. The second-order valence-electron chi connectivity index (χ2n) is 6.01. The van der Waals surface area contributed by atoms with E-state index in [-0.39, 0.29) is 5.91 Å². The number of halogens is 2. The Morgan fingerprint density at radius 3 is 2.46 bits per heavy atom. The maximum atomic E-state index is 13.1. The van der Waals surface area contributed by atoms with E-state index in [4.69, 9.17) is 0 Å². The lowest BCUT2D eigenvalue weighted by Crippen LogP contribution is -2.26. The molecule has 2 N–H and O–H groups in total. The summed E-state index contributed by atoms with van der Waals surface area (Å²) in [4.78, 5) is 15.4. The molecule has 1 amide bonds. The predicted molar refractivity (Wildman–Crippen MR) is 90.2 cm³/mol. The van der Waals surface area contributed by atoms with Gasteiger partial charge in [0.2, 0.25) is 0 Å². The van der Waals surface area contributed by atoms with Crippen LogP contribution in [-0.2, 0) is 6.42 Å². The van der Waals surface area contributed by atoms with Crippen LogP contribution in [0.1, 0.15) is 27.2 Å². The molecule has 0 bridgehead atoms. The molecule has 0 saturated carbocycles. The van der Waals surface area contributed by atoms with E-state index in [0.717, 1.165) is 28.1 Å². The van der Waals surface area contributed by atoms with Crippen LogP contribution in [0.25, 0.3) is 10.9 Å². The van der Waals surface area contributed by atoms with Gasteiger partial charge in [0.15, 0.2) is 0 Å². The van der Waals surface area contributed by atoms with Gasteiger partial charge in [0.05, 0.1) is 0 Å². The quantitative estimate of drug-likeness (QED) is 0.746. The van der Waals surface area contributed by atoms with Gasteiger partial charge in [-0.2, -0.15) is 0 Å². The summed E-state index contributed by atoms with van der Waals surface area (Å²) in [5.41, 5.74) is 4.14. The first-order valence-electron chi connectivity index (χ1n) is 7.75. The molecule has 24 heavy (non-hydrogen) atoms. The topological polar surface area (TPSA) is 44.9 Å². The second kappa shape index (κ2) is 6.43. The van der Waals surface area contributed by atoms with Gasteiger partial charge in [0, 0.05) is 23.5 Å². The van der Waals surface area contributed by atoms with E-state index in [2.05, 4.69) is 16.4 Å². The highest BCUT2D eigenvalue weighted by atomic mass is 19.1. The van der Waals surface area contributed by atoms with Crippen LogP contribution in [0, 0.1) is 25.5 Å². The maximum absolute atomic E-state index is 13.1. The molecule has 1 aromatic heterocycles. The van der Waals surface area contributed by atoms with E-state index in [1.54, 1.807) is 0 Å². The van der Waals surface area contributed by atoms with Gasteiger partial charge in [-0.05, 0) is 61.2 Å². The lowest BCUT2D eigenvalue weighted by molar-refractivity contribution is 0.0950. The van der Waals surface area contributed by atoms with Crippen molar-refractivity contribution in [3.63, 3.8) is 0 Å². The van der Waals surface area contributed by atoms with E-state index >= 15 is 0 Å². The van der Waals surface area contributed by atoms with Crippen LogP contribution in [-0.4, -0.2) is 17.4 Å². The summed E-state index contributed by atoms with van der Waals surface area (Å²) >= 11 is 0. The number of fused-ring (bicyclic) bond motifs is 1. The molecule has 0 spiro atoms. The molecule has 0 atom stereocenters. The SMILES string of the molecule is Cc1cc(C)c2cc(C(=O)NCCc3cc(F)cc(F)c3)[nH]c2c1. The highest BCUT2D eigenvalue weighted by Crippen LogP contribution is 2.21. The van der Waals surface area contributed by atoms with Gasteiger partial charge in [-0.15, -0.1) is 0 Å². The van der Waals surface area contributed by atoms with E-state index in [9.17, 15) is 13.6 Å². The Morgan fingerprint density at radius 1 is 1.04 bits per heavy atom. The van der Waals surface area contributed by atoms with Crippen molar-refractivity contribution in [2.24, 2.45) is 0 Å². The number of amides is 1. The van der Waals surface area contributed by atoms with Gasteiger partial charge >= 0.3 is 0 Å². The van der Waals surface area contributed by atoms with Crippen LogP contribution >= 0.6 is 0 Å². The molecule has 2 aromatic carbocycles. The average molecular weight is 328 g/mol. The summed E-state index contributed by atoms with van der Waals surface area (Å²) in [5, 5.41) is 3.78. The number of rotatable bonds is 4. The van der Waals surface area contributed by atoms with Gasteiger partial charge < -0.3 is 10.3 Å². The smallest absolute Gasteiger partial charge is 0.267 e. The van der Waals surface area contributed by atoms with Crippen molar-refractivity contribution in [1.29, 1.82) is 0 Å². The summed E-state index contributed by atoms with van der Waals surface area (Å²) in [5.74, 6) is -1.46. The van der Waals surface area contributed by atoms with Crippen molar-refractivity contribution < 1.29 is 13.6 Å². The first-order valence-corrected chi connectivity index (χ1v) is 7.75. The lowest BCUT2D eigenvalue weighted by atomic mass is 10.1. The van der Waals surface area contributed by atoms with Crippen molar-refractivity contribution in [1.82, 2.24) is 10.3 Å². The number of carbonyl (C=O) groups excluding carboxylic acids is 1. The monoisotopic (exact) mass is 328 g/mol. The molecule has 0 aliphatic rings. The summed E-state index contributed by atoms with van der Waals surface area (Å²) in [6.45, 7) is 4.31. The Balaban J connectivity index is 1.68. The molecule has 0 unspecified atom stereocenters. The first-order chi connectivity index (χ1) is 11.4. The molecule has 0 aliphatic heterocycles. The number of hydrogen-bond donors (Lipinski definition) is 2. The molecule has 0 fully saturated rings. The van der Waals surface area contributed by atoms with Gasteiger partial charge in [0.1, 0.15) is 17.3 Å². The van der Waals surface area contributed by atoms with Crippen LogP contribution in [0.15, 0.2) is 36.4 Å². The van der Waals surface area contributed by atoms with Gasteiger partial charge in [-0.3, -0.25) is 4.79 Å². The van der Waals surface area contributed by atoms with Crippen molar-refractivity contribution >= 4 is 16.8 Å². The number of hydrogen-bond acceptors (Lipinski definition) is 1. The van der Waals surface area contributed by atoms with Gasteiger partial charge in [-0.1, -0.05) is 6.07 Å². The standard InChI is InChI=1S/C19H18F2N2O/c1-11-5-12(2)16-10-18(23-17(16)6-11)19(24)22-4-3-13-7-14(20)9-15(21)8-13/h5-10,23H,3-4H2,1-2H3,(H,22,24). The van der Waals surface area contributed by atoms with E-state index < -0.39 is 11.6 Å². The number of aromatic nitrogens is 1. The van der Waals surface area contributed by atoms with Crippen LogP contribution in [0.2, 0.25) is 0 Å². The zero-order valence-electron chi connectivity index (χ0n) is 13.5. The van der Waals surface area contributed by atoms with Crippen LogP contribution < -0.4 is 5.32 Å². The molecule has 3 aromatic rings. The lowest BCUT2D eigenvalue weighted by Gasteiger charge is -2.04. The van der Waals surface area contributed by atoms with Crippen molar-refractivity contribution in [2.45, 2.75) is 20.3 Å². The fourth-order valence-electron chi connectivity index (χ4n) is 2.89. The molecule has 0 radical (unpaired) electrons. The Morgan fingerprint density at radius 2 is 1.75 bits per heavy atom. The Bertz CT molecular complexity index is 895. The third-order valence-electron chi connectivity index (χ3n) is 3.96. The summed E-state index contributed by atoms with van der Waals surface area (Å²) in [6, 6.07) is 9.25. The predicted octanol–water partition coefficient (Wildman–Crippen LogP) is 4.04. The minimum absolute atomic E-state index is 0.236. The third-order valence-corrected chi connectivity index (χ3v) is 3.96. The molecule has 0 saturated heterocycles. The number of H-pyrrole nitrogens is 1. The molecule has 0 aliphatic carbocycles. The number of nitrogens with one attached hydrogen (secondary N) is 2. The Labute approximate surface area is 138 Å². The zero-order valence-corrected chi connectivity index (χ0v) is 13.5. The molecule has 5 heteroatoms. The molecular formula is C19H18F2N2O. The summed E-state index contributed by atoms with van der Waals surface area (Å²) in [6.07, 6.45) is 0.360. The fourth-order valence-corrected chi connectivity index (χ4v) is 2.89. The minimum Gasteiger partial charge on any atom is -0.351 e. The van der Waals surface area contributed by atoms with Crippen LogP contribution in [0.3, 0.4) is 0 Å². The Kier molecular flexibility index (Phi) is 4.34. The van der Waals surface area contributed by atoms with Crippen LogP contribution in [0.5, 0.6) is 0 Å². The van der Waals surface area contributed by atoms with E-state index in [0.29, 0.717) is 24.2 Å². The maximum Gasteiger partial charge on any atom is 0.267 e. The molecule has 3 nitrogen and oxygen atoms in total. The zero-order chi connectivity index (χ0) is 17.3. The Hall–Kier alpha value is -2.69. The van der Waals surface area contributed by atoms with E-state index in [1.807, 2.05) is 26.0 Å². The normalized spacial score (nSPS) is 11.0. The average Bonchev–Trinajstić information content (AvgIpc) is 2.90. The van der Waals surface area contributed by atoms with Crippen molar-refractivity contribution in [3.05, 3.63) is 70.4 Å². The highest BCUT2D eigenvalue weighted by Gasteiger charge is 2.11. The fraction of sp³-hybridized carbons (Fsp3) is 0.211. The van der Waals surface area contributed by atoms with E-state index in [1.165, 1.54) is 12.1 Å². The summed E-state index contributed by atoms with van der Waals surface area (Å²) < 4.78 is 26.3. The summed E-state index contributed by atoms with van der Waals surface area (Å²) in [7, 11) is 0. The highest BCUT2D eigenvalue weighted by molar-refractivity contribution is 5.98. The number of carbonyl (C=O) groups is 1. The number of aryl methyl sites for hydroxylation is 2. The number of benzene rings is 2. The largest absolute Gasteiger partial charge is 0.351 e. The third kappa shape index (κ3) is 3.45. The number of aromatic amines is 1. The minimum atomic E-state index is -0.613. The van der Waals surface area contributed by atoms with Crippen molar-refractivity contribution in [2.75, 3.05) is 6.54 Å². The van der Waals surface area contributed by atoms with Crippen LogP contribution in [0.4, 0.5) is 8.78 Å².